The van der Waals surface area contributed by atoms with Gasteiger partial charge in [-0.1, -0.05) is 28.1 Å². The van der Waals surface area contributed by atoms with Gasteiger partial charge in [0.1, 0.15) is 6.33 Å². The summed E-state index contributed by atoms with van der Waals surface area (Å²) in [6.07, 6.45) is 2.82. The smallest absolute Gasteiger partial charge is 0.204 e. The molecule has 1 aromatic heterocycles. The van der Waals surface area contributed by atoms with Crippen molar-refractivity contribution in [2.24, 2.45) is 0 Å². The van der Waals surface area contributed by atoms with Gasteiger partial charge in [0.25, 0.3) is 0 Å². The van der Waals surface area contributed by atoms with Crippen LogP contribution >= 0.6 is 27.5 Å². The molecule has 0 bridgehead atoms. The Hall–Kier alpha value is -0.940. The number of anilines is 1. The molecular weight excluding hydrogens is 298 g/mol. The first-order chi connectivity index (χ1) is 8.33. The molecule has 88 valence electrons. The number of hydrogen-bond acceptors (Lipinski definition) is 4. The molecule has 3 nitrogen and oxygen atoms in total. The maximum Gasteiger partial charge on any atom is 0.204 e. The number of aromatic nitrogens is 2. The van der Waals surface area contributed by atoms with E-state index in [-0.39, 0.29) is 0 Å². The minimum atomic E-state index is 0.608. The van der Waals surface area contributed by atoms with Crippen LogP contribution in [0.5, 0.6) is 0 Å². The van der Waals surface area contributed by atoms with Gasteiger partial charge < -0.3 is 4.90 Å². The number of rotatable bonds is 2. The van der Waals surface area contributed by atoms with Crippen molar-refractivity contribution in [2.75, 3.05) is 18.0 Å². The summed E-state index contributed by atoms with van der Waals surface area (Å²) in [5, 5.41) is 1.04. The SMILES string of the molecule is Brc1cccc(C2CCN(c3ncns3)C2)c1. The molecule has 5 heteroatoms. The maximum atomic E-state index is 4.27. The Morgan fingerprint density at radius 3 is 3.12 bits per heavy atom. The summed E-state index contributed by atoms with van der Waals surface area (Å²) in [5.41, 5.74) is 1.41. The van der Waals surface area contributed by atoms with Crippen molar-refractivity contribution in [2.45, 2.75) is 12.3 Å². The van der Waals surface area contributed by atoms with Crippen LogP contribution in [0.4, 0.5) is 5.13 Å². The molecule has 17 heavy (non-hydrogen) atoms. The van der Waals surface area contributed by atoms with Crippen molar-refractivity contribution < 1.29 is 0 Å². The predicted octanol–water partition coefficient (Wildman–Crippen LogP) is 3.29. The lowest BCUT2D eigenvalue weighted by atomic mass is 9.99. The van der Waals surface area contributed by atoms with Crippen LogP contribution in [0.25, 0.3) is 0 Å². The highest BCUT2D eigenvalue weighted by atomic mass is 79.9. The van der Waals surface area contributed by atoms with Crippen LogP contribution in [0, 0.1) is 0 Å². The van der Waals surface area contributed by atoms with Gasteiger partial charge in [0.15, 0.2) is 0 Å². The molecule has 1 saturated heterocycles. The van der Waals surface area contributed by atoms with Gasteiger partial charge in [-0.05, 0) is 24.1 Å². The van der Waals surface area contributed by atoms with Crippen molar-refractivity contribution in [3.63, 3.8) is 0 Å². The standard InChI is InChI=1S/C12H12BrN3S/c13-11-3-1-2-9(6-11)10-4-5-16(7-10)12-14-8-15-17-12/h1-3,6,8,10H,4-5,7H2. The molecule has 0 amide bonds. The van der Waals surface area contributed by atoms with Crippen LogP contribution in [0.3, 0.4) is 0 Å². The van der Waals surface area contributed by atoms with Crippen LogP contribution in [-0.2, 0) is 0 Å². The van der Waals surface area contributed by atoms with Crippen molar-refractivity contribution >= 4 is 32.6 Å². The summed E-state index contributed by atoms with van der Waals surface area (Å²) in [4.78, 5) is 6.59. The molecule has 1 atom stereocenters. The summed E-state index contributed by atoms with van der Waals surface area (Å²) < 4.78 is 5.22. The lowest BCUT2D eigenvalue weighted by molar-refractivity contribution is 0.774. The Morgan fingerprint density at radius 2 is 2.35 bits per heavy atom. The first-order valence-corrected chi connectivity index (χ1v) is 7.16. The quantitative estimate of drug-likeness (QED) is 0.852. The first kappa shape index (κ1) is 11.2. The van der Waals surface area contributed by atoms with Crippen molar-refractivity contribution in [1.82, 2.24) is 9.36 Å². The third-order valence-electron chi connectivity index (χ3n) is 3.13. The molecule has 3 rings (SSSR count). The first-order valence-electron chi connectivity index (χ1n) is 5.60. The fraction of sp³-hybridized carbons (Fsp3) is 0.333. The predicted molar refractivity (Wildman–Crippen MR) is 73.6 cm³/mol. The number of hydrogen-bond donors (Lipinski definition) is 0. The van der Waals surface area contributed by atoms with E-state index in [0.29, 0.717) is 5.92 Å². The Morgan fingerprint density at radius 1 is 1.41 bits per heavy atom. The minimum Gasteiger partial charge on any atom is -0.346 e. The molecule has 1 fully saturated rings. The van der Waals surface area contributed by atoms with Gasteiger partial charge in [-0.15, -0.1) is 0 Å². The minimum absolute atomic E-state index is 0.608. The fourth-order valence-corrected chi connectivity index (χ4v) is 3.25. The molecule has 2 aromatic rings. The second-order valence-corrected chi connectivity index (χ2v) is 5.88. The molecule has 1 aliphatic heterocycles. The number of nitrogens with zero attached hydrogens (tertiary/aromatic N) is 3. The van der Waals surface area contributed by atoms with E-state index in [1.165, 1.54) is 23.5 Å². The summed E-state index contributed by atoms with van der Waals surface area (Å²) in [6.45, 7) is 2.12. The Balaban J connectivity index is 1.76. The van der Waals surface area contributed by atoms with E-state index in [0.717, 1.165) is 22.7 Å². The largest absolute Gasteiger partial charge is 0.346 e. The van der Waals surface area contributed by atoms with E-state index in [2.05, 4.69) is 54.5 Å². The van der Waals surface area contributed by atoms with Gasteiger partial charge in [0.05, 0.1) is 0 Å². The summed E-state index contributed by atoms with van der Waals surface area (Å²) >= 11 is 5.01. The fourth-order valence-electron chi connectivity index (χ4n) is 2.27. The van der Waals surface area contributed by atoms with Gasteiger partial charge in [-0.2, -0.15) is 4.37 Å². The molecule has 0 saturated carbocycles. The highest BCUT2D eigenvalue weighted by molar-refractivity contribution is 9.10. The molecule has 0 radical (unpaired) electrons. The van der Waals surface area contributed by atoms with Gasteiger partial charge in [0.2, 0.25) is 5.13 Å². The zero-order chi connectivity index (χ0) is 11.7. The highest BCUT2D eigenvalue weighted by Crippen LogP contribution is 2.31. The van der Waals surface area contributed by atoms with Crippen molar-refractivity contribution in [3.05, 3.63) is 40.6 Å². The highest BCUT2D eigenvalue weighted by Gasteiger charge is 2.25. The summed E-state index contributed by atoms with van der Waals surface area (Å²) in [6, 6.07) is 8.60. The van der Waals surface area contributed by atoms with Gasteiger partial charge in [0, 0.05) is 35.0 Å². The van der Waals surface area contributed by atoms with E-state index in [1.54, 1.807) is 6.33 Å². The molecule has 1 unspecified atom stereocenters. The van der Waals surface area contributed by atoms with Gasteiger partial charge >= 0.3 is 0 Å². The Bertz CT molecular complexity index is 500. The third kappa shape index (κ3) is 2.35. The van der Waals surface area contributed by atoms with Gasteiger partial charge in [-0.25, -0.2) is 4.98 Å². The Kier molecular flexibility index (Phi) is 3.11. The number of benzene rings is 1. The van der Waals surface area contributed by atoms with Crippen molar-refractivity contribution in [1.29, 1.82) is 0 Å². The van der Waals surface area contributed by atoms with Crippen LogP contribution in [-0.4, -0.2) is 22.4 Å². The van der Waals surface area contributed by atoms with Gasteiger partial charge in [-0.3, -0.25) is 0 Å². The average molecular weight is 310 g/mol. The summed E-state index contributed by atoms with van der Waals surface area (Å²) in [5.74, 6) is 0.608. The molecule has 2 heterocycles. The normalized spacial score (nSPS) is 19.8. The maximum absolute atomic E-state index is 4.27. The van der Waals surface area contributed by atoms with Crippen LogP contribution in [0.15, 0.2) is 35.1 Å². The summed E-state index contributed by atoms with van der Waals surface area (Å²) in [7, 11) is 0. The van der Waals surface area contributed by atoms with E-state index in [9.17, 15) is 0 Å². The molecular formula is C12H12BrN3S. The molecule has 0 aliphatic carbocycles. The zero-order valence-electron chi connectivity index (χ0n) is 9.21. The Labute approximate surface area is 113 Å². The molecule has 1 aliphatic rings. The second-order valence-electron chi connectivity index (χ2n) is 4.21. The number of halogens is 1. The molecule has 0 N–H and O–H groups in total. The average Bonchev–Trinajstić information content (AvgIpc) is 3.00. The van der Waals surface area contributed by atoms with Crippen LogP contribution in [0.2, 0.25) is 0 Å². The topological polar surface area (TPSA) is 29.0 Å². The van der Waals surface area contributed by atoms with E-state index in [4.69, 9.17) is 0 Å². The second kappa shape index (κ2) is 4.74. The lowest BCUT2D eigenvalue weighted by Crippen LogP contribution is -2.18. The molecule has 1 aromatic carbocycles. The molecule has 0 spiro atoms. The lowest BCUT2D eigenvalue weighted by Gasteiger charge is -2.14. The van der Waals surface area contributed by atoms with Crippen molar-refractivity contribution in [3.8, 4) is 0 Å². The monoisotopic (exact) mass is 309 g/mol. The van der Waals surface area contributed by atoms with E-state index >= 15 is 0 Å². The van der Waals surface area contributed by atoms with Crippen LogP contribution in [0.1, 0.15) is 17.9 Å². The zero-order valence-corrected chi connectivity index (χ0v) is 11.6. The van der Waals surface area contributed by atoms with Crippen LogP contribution < -0.4 is 4.90 Å². The van der Waals surface area contributed by atoms with E-state index < -0.39 is 0 Å². The third-order valence-corrected chi connectivity index (χ3v) is 4.35. The van der Waals surface area contributed by atoms with E-state index in [1.807, 2.05) is 0 Å².